The van der Waals surface area contributed by atoms with Crippen molar-refractivity contribution in [2.24, 2.45) is 0 Å². The second-order valence-corrected chi connectivity index (χ2v) is 6.14. The van der Waals surface area contributed by atoms with Gasteiger partial charge in [-0.15, -0.1) is 0 Å². The highest BCUT2D eigenvalue weighted by molar-refractivity contribution is 5.92. The van der Waals surface area contributed by atoms with Crippen LogP contribution in [-0.4, -0.2) is 19.0 Å². The zero-order valence-electron chi connectivity index (χ0n) is 14.8. The Kier molecular flexibility index (Phi) is 5.37. The lowest BCUT2D eigenvalue weighted by atomic mass is 10.1. The average Bonchev–Trinajstić information content (AvgIpc) is 3.03. The van der Waals surface area contributed by atoms with Crippen molar-refractivity contribution in [1.82, 2.24) is 5.32 Å². The third-order valence-electron chi connectivity index (χ3n) is 4.32. The Bertz CT molecular complexity index is 857. The molecule has 0 aromatic heterocycles. The quantitative estimate of drug-likeness (QED) is 0.509. The standard InChI is InChI=1S/C21H21NO4/c1-14(23)26-20-13-15(7-11-19(20)25-2)8-12-21(24)22-18-10-9-16-5-3-4-6-17(16)18/h3-8,11-13,18H,9-10H2,1-2H3,(H,22,24). The molecule has 0 saturated heterocycles. The van der Waals surface area contributed by atoms with Gasteiger partial charge in [0, 0.05) is 13.0 Å². The largest absolute Gasteiger partial charge is 0.493 e. The molecule has 3 rings (SSSR count). The number of ether oxygens (including phenoxy) is 2. The van der Waals surface area contributed by atoms with Gasteiger partial charge < -0.3 is 14.8 Å². The Hall–Kier alpha value is -3.08. The van der Waals surface area contributed by atoms with Gasteiger partial charge in [-0.3, -0.25) is 9.59 Å². The molecule has 0 aliphatic heterocycles. The van der Waals surface area contributed by atoms with Crippen molar-refractivity contribution in [3.63, 3.8) is 0 Å². The summed E-state index contributed by atoms with van der Waals surface area (Å²) in [5.41, 5.74) is 3.22. The smallest absolute Gasteiger partial charge is 0.308 e. The highest BCUT2D eigenvalue weighted by atomic mass is 16.6. The number of fused-ring (bicyclic) bond motifs is 1. The van der Waals surface area contributed by atoms with Crippen molar-refractivity contribution in [1.29, 1.82) is 0 Å². The Balaban J connectivity index is 1.68. The molecule has 134 valence electrons. The number of amides is 1. The minimum absolute atomic E-state index is 0.0517. The monoisotopic (exact) mass is 351 g/mol. The summed E-state index contributed by atoms with van der Waals surface area (Å²) in [5.74, 6) is 0.204. The van der Waals surface area contributed by atoms with Gasteiger partial charge in [0.25, 0.3) is 0 Å². The molecule has 0 spiro atoms. The molecular formula is C21H21NO4. The SMILES string of the molecule is COc1ccc(C=CC(=O)NC2CCc3ccccc32)cc1OC(C)=O. The highest BCUT2D eigenvalue weighted by Gasteiger charge is 2.22. The first-order valence-electron chi connectivity index (χ1n) is 8.49. The van der Waals surface area contributed by atoms with Crippen LogP contribution in [0.25, 0.3) is 6.08 Å². The number of hydrogen-bond donors (Lipinski definition) is 1. The van der Waals surface area contributed by atoms with E-state index in [1.807, 2.05) is 12.1 Å². The van der Waals surface area contributed by atoms with Gasteiger partial charge in [-0.25, -0.2) is 0 Å². The predicted octanol–water partition coefficient (Wildman–Crippen LogP) is 3.44. The summed E-state index contributed by atoms with van der Waals surface area (Å²) in [6.45, 7) is 1.33. The van der Waals surface area contributed by atoms with Crippen molar-refractivity contribution in [2.75, 3.05) is 7.11 Å². The van der Waals surface area contributed by atoms with E-state index in [0.29, 0.717) is 11.5 Å². The molecule has 2 aromatic rings. The fourth-order valence-electron chi connectivity index (χ4n) is 3.13. The van der Waals surface area contributed by atoms with Crippen LogP contribution in [0.15, 0.2) is 48.5 Å². The van der Waals surface area contributed by atoms with Gasteiger partial charge in [-0.2, -0.15) is 0 Å². The summed E-state index contributed by atoms with van der Waals surface area (Å²) in [7, 11) is 1.50. The Labute approximate surface area is 152 Å². The van der Waals surface area contributed by atoms with Gasteiger partial charge in [-0.1, -0.05) is 30.3 Å². The van der Waals surface area contributed by atoms with Gasteiger partial charge in [-0.05, 0) is 47.7 Å². The molecule has 26 heavy (non-hydrogen) atoms. The molecule has 0 heterocycles. The summed E-state index contributed by atoms with van der Waals surface area (Å²) in [6, 6.07) is 13.4. The number of methoxy groups -OCH3 is 1. The molecule has 2 aromatic carbocycles. The lowest BCUT2D eigenvalue weighted by Crippen LogP contribution is -2.25. The number of rotatable bonds is 5. The average molecular weight is 351 g/mol. The highest BCUT2D eigenvalue weighted by Crippen LogP contribution is 2.31. The maximum Gasteiger partial charge on any atom is 0.308 e. The topological polar surface area (TPSA) is 64.6 Å². The van der Waals surface area contributed by atoms with E-state index in [1.54, 1.807) is 24.3 Å². The van der Waals surface area contributed by atoms with Gasteiger partial charge in [0.2, 0.25) is 5.91 Å². The second-order valence-electron chi connectivity index (χ2n) is 6.14. The Morgan fingerprint density at radius 3 is 2.73 bits per heavy atom. The number of hydrogen-bond acceptors (Lipinski definition) is 4. The molecular weight excluding hydrogens is 330 g/mol. The summed E-state index contributed by atoms with van der Waals surface area (Å²) in [4.78, 5) is 23.5. The Morgan fingerprint density at radius 2 is 1.96 bits per heavy atom. The van der Waals surface area contributed by atoms with Crippen LogP contribution < -0.4 is 14.8 Å². The molecule has 1 unspecified atom stereocenters. The van der Waals surface area contributed by atoms with Crippen molar-refractivity contribution < 1.29 is 19.1 Å². The lowest BCUT2D eigenvalue weighted by Gasteiger charge is -2.12. The molecule has 1 atom stereocenters. The summed E-state index contributed by atoms with van der Waals surface area (Å²) < 4.78 is 10.3. The number of carbonyl (C=O) groups is 2. The fraction of sp³-hybridized carbons (Fsp3) is 0.238. The molecule has 0 fully saturated rings. The van der Waals surface area contributed by atoms with E-state index < -0.39 is 5.97 Å². The van der Waals surface area contributed by atoms with Crippen LogP contribution in [0.3, 0.4) is 0 Å². The van der Waals surface area contributed by atoms with E-state index in [2.05, 4.69) is 17.4 Å². The number of esters is 1. The fourth-order valence-corrected chi connectivity index (χ4v) is 3.13. The number of carbonyl (C=O) groups excluding carboxylic acids is 2. The number of benzene rings is 2. The molecule has 5 nitrogen and oxygen atoms in total. The van der Waals surface area contributed by atoms with Crippen LogP contribution >= 0.6 is 0 Å². The molecule has 1 aliphatic carbocycles. The van der Waals surface area contributed by atoms with Gasteiger partial charge in [0.15, 0.2) is 11.5 Å². The van der Waals surface area contributed by atoms with Crippen molar-refractivity contribution in [2.45, 2.75) is 25.8 Å². The zero-order valence-corrected chi connectivity index (χ0v) is 14.8. The maximum absolute atomic E-state index is 12.3. The van der Waals surface area contributed by atoms with Crippen molar-refractivity contribution in [3.05, 3.63) is 65.2 Å². The van der Waals surface area contributed by atoms with E-state index >= 15 is 0 Å². The molecule has 0 saturated carbocycles. The second kappa shape index (κ2) is 7.87. The van der Waals surface area contributed by atoms with Crippen LogP contribution in [0.2, 0.25) is 0 Å². The van der Waals surface area contributed by atoms with Gasteiger partial charge in [0.1, 0.15) is 0 Å². The molecule has 1 N–H and O–H groups in total. The first-order valence-corrected chi connectivity index (χ1v) is 8.49. The molecule has 0 radical (unpaired) electrons. The van der Waals surface area contributed by atoms with E-state index in [0.717, 1.165) is 18.4 Å². The molecule has 5 heteroatoms. The maximum atomic E-state index is 12.3. The van der Waals surface area contributed by atoms with Crippen LogP contribution in [-0.2, 0) is 16.0 Å². The molecule has 1 aliphatic rings. The minimum Gasteiger partial charge on any atom is -0.493 e. The van der Waals surface area contributed by atoms with Crippen molar-refractivity contribution >= 4 is 18.0 Å². The third kappa shape index (κ3) is 4.11. The van der Waals surface area contributed by atoms with Crippen molar-refractivity contribution in [3.8, 4) is 11.5 Å². The number of aryl methyl sites for hydroxylation is 1. The first kappa shape index (κ1) is 17.7. The van der Waals surface area contributed by atoms with E-state index in [4.69, 9.17) is 9.47 Å². The lowest BCUT2D eigenvalue weighted by molar-refractivity contribution is -0.132. The predicted molar refractivity (Wildman–Crippen MR) is 99.0 cm³/mol. The normalized spacial score (nSPS) is 15.5. The minimum atomic E-state index is -0.429. The van der Waals surface area contributed by atoms with E-state index in [9.17, 15) is 9.59 Å². The molecule has 1 amide bonds. The van der Waals surface area contributed by atoms with Gasteiger partial charge in [0.05, 0.1) is 13.2 Å². The Morgan fingerprint density at radius 1 is 1.15 bits per heavy atom. The molecule has 0 bridgehead atoms. The van der Waals surface area contributed by atoms with E-state index in [1.165, 1.54) is 31.2 Å². The zero-order chi connectivity index (χ0) is 18.5. The third-order valence-corrected chi connectivity index (χ3v) is 4.32. The summed E-state index contributed by atoms with van der Waals surface area (Å²) >= 11 is 0. The van der Waals surface area contributed by atoms with E-state index in [-0.39, 0.29) is 11.9 Å². The number of nitrogens with one attached hydrogen (secondary N) is 1. The van der Waals surface area contributed by atoms with Crippen LogP contribution in [0.1, 0.15) is 36.1 Å². The summed E-state index contributed by atoms with van der Waals surface area (Å²) in [6.07, 6.45) is 5.07. The van der Waals surface area contributed by atoms with Crippen LogP contribution in [0, 0.1) is 0 Å². The summed E-state index contributed by atoms with van der Waals surface area (Å²) in [5, 5.41) is 3.04. The van der Waals surface area contributed by atoms with Gasteiger partial charge >= 0.3 is 5.97 Å². The van der Waals surface area contributed by atoms with Crippen LogP contribution in [0.4, 0.5) is 0 Å². The van der Waals surface area contributed by atoms with Crippen LogP contribution in [0.5, 0.6) is 11.5 Å². The first-order chi connectivity index (χ1) is 12.6.